The van der Waals surface area contributed by atoms with Gasteiger partial charge in [-0.15, -0.1) is 0 Å². The highest BCUT2D eigenvalue weighted by atomic mass is 16.4. The molecule has 0 radical (unpaired) electrons. The monoisotopic (exact) mass is 329 g/mol. The highest BCUT2D eigenvalue weighted by Gasteiger charge is 2.51. The smallest absolute Gasteiger partial charge is 0.305 e. The Balaban J connectivity index is 2.52. The van der Waals surface area contributed by atoms with E-state index < -0.39 is 42.9 Å². The molecule has 132 valence electrons. The summed E-state index contributed by atoms with van der Waals surface area (Å²) in [6.45, 7) is 6.23. The van der Waals surface area contributed by atoms with E-state index in [0.717, 1.165) is 12.8 Å². The normalized spacial score (nSPS) is 18.7. The molecule has 8 heteroatoms. The van der Waals surface area contributed by atoms with Crippen LogP contribution in [-0.4, -0.2) is 53.2 Å². The third-order valence-corrected chi connectivity index (χ3v) is 4.59. The second-order valence-electron chi connectivity index (χ2n) is 7.20. The number of amides is 2. The van der Waals surface area contributed by atoms with Crippen molar-refractivity contribution in [3.63, 3.8) is 0 Å². The zero-order chi connectivity index (χ0) is 17.8. The maximum Gasteiger partial charge on any atom is 0.305 e. The number of aliphatic carboxylic acids is 1. The van der Waals surface area contributed by atoms with Gasteiger partial charge in [0.15, 0.2) is 0 Å². The van der Waals surface area contributed by atoms with Crippen LogP contribution in [0.3, 0.4) is 0 Å². The van der Waals surface area contributed by atoms with E-state index in [2.05, 4.69) is 31.4 Å². The molecule has 1 fully saturated rings. The van der Waals surface area contributed by atoms with E-state index in [1.807, 2.05) is 0 Å². The van der Waals surface area contributed by atoms with Gasteiger partial charge in [-0.2, -0.15) is 0 Å². The van der Waals surface area contributed by atoms with Gasteiger partial charge in [0.1, 0.15) is 6.04 Å². The molecule has 1 aliphatic carbocycles. The van der Waals surface area contributed by atoms with Crippen LogP contribution in [0, 0.1) is 10.8 Å². The molecule has 23 heavy (non-hydrogen) atoms. The molecule has 0 spiro atoms. The average Bonchev–Trinajstić information content (AvgIpc) is 3.21. The number of aliphatic hydroxyl groups excluding tert-OH is 1. The second kappa shape index (κ2) is 7.27. The number of nitrogens with two attached hydrogens (primary N) is 1. The minimum absolute atomic E-state index is 0.0480. The van der Waals surface area contributed by atoms with Crippen molar-refractivity contribution in [2.45, 2.75) is 52.1 Å². The summed E-state index contributed by atoms with van der Waals surface area (Å²) in [6.07, 6.45) is 1.51. The average molecular weight is 329 g/mol. The number of hydrogen-bond donors (Lipinski definition) is 5. The van der Waals surface area contributed by atoms with Crippen molar-refractivity contribution in [1.29, 1.82) is 0 Å². The van der Waals surface area contributed by atoms with Crippen molar-refractivity contribution in [2.75, 3.05) is 13.2 Å². The molecule has 6 N–H and O–H groups in total. The number of carboxylic acid groups (broad SMARTS) is 1. The van der Waals surface area contributed by atoms with E-state index in [9.17, 15) is 19.5 Å². The largest absolute Gasteiger partial charge is 0.481 e. The van der Waals surface area contributed by atoms with Crippen LogP contribution in [0.4, 0.5) is 0 Å². The molecule has 0 heterocycles. The highest BCUT2D eigenvalue weighted by Crippen LogP contribution is 2.57. The summed E-state index contributed by atoms with van der Waals surface area (Å²) in [6, 6.07) is -2.41. The van der Waals surface area contributed by atoms with Gasteiger partial charge in [0, 0.05) is 6.54 Å². The fourth-order valence-corrected chi connectivity index (χ4v) is 2.48. The van der Waals surface area contributed by atoms with Gasteiger partial charge in [-0.25, -0.2) is 0 Å². The third-order valence-electron chi connectivity index (χ3n) is 4.59. The van der Waals surface area contributed by atoms with Gasteiger partial charge in [0.2, 0.25) is 11.8 Å². The maximum atomic E-state index is 12.1. The van der Waals surface area contributed by atoms with E-state index in [0.29, 0.717) is 6.54 Å². The first-order valence-electron chi connectivity index (χ1n) is 7.69. The molecule has 1 rings (SSSR count). The van der Waals surface area contributed by atoms with Crippen molar-refractivity contribution in [1.82, 2.24) is 10.6 Å². The third kappa shape index (κ3) is 5.18. The van der Waals surface area contributed by atoms with Crippen LogP contribution in [0.25, 0.3) is 0 Å². The summed E-state index contributed by atoms with van der Waals surface area (Å²) in [5.74, 6) is -2.49. The highest BCUT2D eigenvalue weighted by molar-refractivity contribution is 5.91. The minimum atomic E-state index is -1.27. The number of nitrogens with one attached hydrogen (secondary N) is 2. The topological polar surface area (TPSA) is 142 Å². The van der Waals surface area contributed by atoms with Crippen LogP contribution in [0.5, 0.6) is 0 Å². The van der Waals surface area contributed by atoms with E-state index in [-0.39, 0.29) is 10.8 Å². The fraction of sp³-hybridized carbons (Fsp3) is 0.800. The number of carbonyl (C=O) groups excluding carboxylic acids is 2. The van der Waals surface area contributed by atoms with Gasteiger partial charge >= 0.3 is 5.97 Å². The molecule has 0 aromatic rings. The first kappa shape index (κ1) is 19.4. The van der Waals surface area contributed by atoms with Crippen LogP contribution >= 0.6 is 0 Å². The molecular weight excluding hydrogens is 302 g/mol. The summed E-state index contributed by atoms with van der Waals surface area (Å²) in [4.78, 5) is 34.4. The van der Waals surface area contributed by atoms with Gasteiger partial charge in [0.05, 0.1) is 19.1 Å². The lowest BCUT2D eigenvalue weighted by molar-refractivity contribution is -0.139. The maximum absolute atomic E-state index is 12.1. The molecule has 0 aromatic heterocycles. The van der Waals surface area contributed by atoms with E-state index in [1.165, 1.54) is 0 Å². The lowest BCUT2D eigenvalue weighted by Gasteiger charge is -2.31. The van der Waals surface area contributed by atoms with Crippen LogP contribution in [0.1, 0.15) is 40.0 Å². The minimum Gasteiger partial charge on any atom is -0.481 e. The Hall–Kier alpha value is -1.67. The number of rotatable bonds is 8. The van der Waals surface area contributed by atoms with E-state index in [1.54, 1.807) is 0 Å². The molecule has 0 saturated heterocycles. The first-order chi connectivity index (χ1) is 10.5. The number of carboxylic acids is 1. The van der Waals surface area contributed by atoms with E-state index in [4.69, 9.17) is 10.8 Å². The fourth-order valence-electron chi connectivity index (χ4n) is 2.48. The molecule has 0 aliphatic heterocycles. The SMILES string of the molecule is CC(C)(C)C1(CNC(=O)[C@@H](CO)NC(=O)[C@@H](N)CC(=O)O)CC1. The summed E-state index contributed by atoms with van der Waals surface area (Å²) < 4.78 is 0. The number of aliphatic hydroxyl groups is 1. The van der Waals surface area contributed by atoms with Gasteiger partial charge in [-0.3, -0.25) is 14.4 Å². The molecule has 8 nitrogen and oxygen atoms in total. The summed E-state index contributed by atoms with van der Waals surface area (Å²) in [7, 11) is 0. The predicted octanol–water partition coefficient (Wildman–Crippen LogP) is -0.792. The second-order valence-corrected chi connectivity index (χ2v) is 7.20. The Labute approximate surface area is 135 Å². The Bertz CT molecular complexity index is 468. The number of hydrogen-bond acceptors (Lipinski definition) is 5. The van der Waals surface area contributed by atoms with Crippen molar-refractivity contribution in [3.05, 3.63) is 0 Å². The molecule has 2 atom stereocenters. The summed E-state index contributed by atoms with van der Waals surface area (Å²) in [5, 5.41) is 22.9. The van der Waals surface area contributed by atoms with Crippen LogP contribution < -0.4 is 16.4 Å². The quantitative estimate of drug-likeness (QED) is 0.395. The number of carbonyl (C=O) groups is 3. The summed E-state index contributed by atoms with van der Waals surface area (Å²) >= 11 is 0. The van der Waals surface area contributed by atoms with E-state index >= 15 is 0 Å². The summed E-state index contributed by atoms with van der Waals surface area (Å²) in [5.41, 5.74) is 5.53. The predicted molar refractivity (Wildman–Crippen MR) is 83.4 cm³/mol. The zero-order valence-corrected chi connectivity index (χ0v) is 13.9. The Kier molecular flexibility index (Phi) is 6.12. The first-order valence-corrected chi connectivity index (χ1v) is 7.69. The molecule has 1 saturated carbocycles. The van der Waals surface area contributed by atoms with Gasteiger partial charge in [-0.05, 0) is 23.7 Å². The molecule has 0 aromatic carbocycles. The van der Waals surface area contributed by atoms with Crippen molar-refractivity contribution in [3.8, 4) is 0 Å². The van der Waals surface area contributed by atoms with Crippen molar-refractivity contribution < 1.29 is 24.6 Å². The van der Waals surface area contributed by atoms with Crippen LogP contribution in [0.2, 0.25) is 0 Å². The van der Waals surface area contributed by atoms with Crippen molar-refractivity contribution in [2.24, 2.45) is 16.6 Å². The zero-order valence-electron chi connectivity index (χ0n) is 13.9. The standard InChI is InChI=1S/C15H27N3O5/c1-14(2,3)15(4-5-15)8-17-13(23)10(7-19)18-12(22)9(16)6-11(20)21/h9-10,19H,4-8,16H2,1-3H3,(H,17,23)(H,18,22)(H,20,21)/t9-,10+/m0/s1. The lowest BCUT2D eigenvalue weighted by Crippen LogP contribution is -2.54. The lowest BCUT2D eigenvalue weighted by atomic mass is 9.77. The Morgan fingerprint density at radius 3 is 2.17 bits per heavy atom. The van der Waals surface area contributed by atoms with Gasteiger partial charge in [-0.1, -0.05) is 20.8 Å². The van der Waals surface area contributed by atoms with Gasteiger partial charge < -0.3 is 26.6 Å². The Morgan fingerprint density at radius 2 is 1.78 bits per heavy atom. The molecule has 0 unspecified atom stereocenters. The van der Waals surface area contributed by atoms with Crippen molar-refractivity contribution >= 4 is 17.8 Å². The van der Waals surface area contributed by atoms with Crippen LogP contribution in [0.15, 0.2) is 0 Å². The molecule has 2 amide bonds. The van der Waals surface area contributed by atoms with Crippen LogP contribution in [-0.2, 0) is 14.4 Å². The molecule has 0 bridgehead atoms. The molecular formula is C15H27N3O5. The van der Waals surface area contributed by atoms with Gasteiger partial charge in [0.25, 0.3) is 0 Å². The molecule has 1 aliphatic rings. The Morgan fingerprint density at radius 1 is 1.22 bits per heavy atom.